The van der Waals surface area contributed by atoms with E-state index in [4.69, 9.17) is 5.26 Å². The normalized spacial score (nSPS) is 10.8. The average molecular weight is 310 g/mol. The van der Waals surface area contributed by atoms with E-state index in [0.717, 1.165) is 21.4 Å². The van der Waals surface area contributed by atoms with E-state index < -0.39 is 0 Å². The number of aliphatic imine (C=N–C) groups is 1. The van der Waals surface area contributed by atoms with Crippen LogP contribution in [0, 0.1) is 28.2 Å². The van der Waals surface area contributed by atoms with Crippen molar-refractivity contribution in [3.63, 3.8) is 0 Å². The van der Waals surface area contributed by atoms with Crippen LogP contribution in [-0.4, -0.2) is 45.3 Å². The van der Waals surface area contributed by atoms with Crippen LogP contribution in [-0.2, 0) is 5.75 Å². The lowest BCUT2D eigenvalue weighted by Crippen LogP contribution is -2.37. The number of hydrogen-bond donors (Lipinski definition) is 1. The number of aromatic amines is 1. The minimum Gasteiger partial charge on any atom is -0.348 e. The topological polar surface area (TPSA) is 130 Å². The largest absolute Gasteiger partial charge is 0.348 e. The van der Waals surface area contributed by atoms with Gasteiger partial charge < -0.3 is 4.98 Å². The molecule has 1 heterocycles. The molecule has 10 nitrogen and oxygen atoms in total. The molecular formula is C10H14N8O2S. The number of thioether (sulfide) groups is 1. The maximum absolute atomic E-state index is 10.8. The molecule has 0 aliphatic rings. The molecule has 0 aliphatic heterocycles. The van der Waals surface area contributed by atoms with Gasteiger partial charge in [-0.05, 0) is 6.92 Å². The monoisotopic (exact) mass is 310 g/mol. The Bertz CT molecular complexity index is 551. The van der Waals surface area contributed by atoms with Crippen molar-refractivity contribution in [3.05, 3.63) is 27.5 Å². The minimum absolute atomic E-state index is 0.192. The first-order chi connectivity index (χ1) is 10.1. The van der Waals surface area contributed by atoms with E-state index in [0.29, 0.717) is 11.5 Å². The lowest BCUT2D eigenvalue weighted by Gasteiger charge is -2.18. The molecule has 1 N–H and O–H groups in total. The third-order valence-electron chi connectivity index (χ3n) is 2.51. The van der Waals surface area contributed by atoms with Gasteiger partial charge in [-0.1, -0.05) is 0 Å². The summed E-state index contributed by atoms with van der Waals surface area (Å²) in [5.74, 6) is 1.00. The molecule has 0 saturated heterocycles. The third kappa shape index (κ3) is 4.84. The van der Waals surface area contributed by atoms with Crippen molar-refractivity contribution >= 4 is 17.7 Å². The van der Waals surface area contributed by atoms with Crippen molar-refractivity contribution < 1.29 is 0 Å². The summed E-state index contributed by atoms with van der Waals surface area (Å²) in [6.07, 6.45) is 3.12. The summed E-state index contributed by atoms with van der Waals surface area (Å²) in [6, 6.07) is 0. The highest BCUT2D eigenvalue weighted by molar-refractivity contribution is 7.98. The molecule has 0 aromatic carbocycles. The number of H-pyrrole nitrogens is 1. The van der Waals surface area contributed by atoms with Crippen LogP contribution < -0.4 is 0 Å². The lowest BCUT2D eigenvalue weighted by atomic mass is 10.4. The maximum Gasteiger partial charge on any atom is 0.258 e. The first-order valence-corrected chi connectivity index (χ1v) is 7.00. The summed E-state index contributed by atoms with van der Waals surface area (Å²) in [6.45, 7) is 2.11. The van der Waals surface area contributed by atoms with Crippen molar-refractivity contribution in [3.8, 4) is 6.19 Å². The van der Waals surface area contributed by atoms with Gasteiger partial charge in [0.25, 0.3) is 5.96 Å². The van der Waals surface area contributed by atoms with Crippen molar-refractivity contribution in [1.29, 1.82) is 5.26 Å². The molecule has 21 heavy (non-hydrogen) atoms. The Morgan fingerprint density at radius 1 is 1.52 bits per heavy atom. The number of aryl methyl sites for hydroxylation is 1. The molecular weight excluding hydrogens is 296 g/mol. The fourth-order valence-electron chi connectivity index (χ4n) is 1.41. The van der Waals surface area contributed by atoms with Crippen LogP contribution in [0.2, 0.25) is 0 Å². The van der Waals surface area contributed by atoms with Crippen LogP contribution in [0.25, 0.3) is 0 Å². The summed E-state index contributed by atoms with van der Waals surface area (Å²) in [7, 11) is 1.28. The Kier molecular flexibility index (Phi) is 6.82. The standard InChI is InChI=1S/C10H14N8O2S/c1-8-9(14-7-13-8)5-21-4-3-18(16-20)10(12-6-11)17(2)15-19/h7H,3-5H2,1-2H3,(H,13,14). The lowest BCUT2D eigenvalue weighted by molar-refractivity contribution is 0.375. The highest BCUT2D eigenvalue weighted by Crippen LogP contribution is 2.13. The first kappa shape index (κ1) is 16.6. The highest BCUT2D eigenvalue weighted by atomic mass is 32.2. The fraction of sp³-hybridized carbons (Fsp3) is 0.500. The summed E-state index contributed by atoms with van der Waals surface area (Å²) < 4.78 is 0. The number of rotatable bonds is 7. The Hall–Kier alpha value is -2.48. The molecule has 11 heteroatoms. The van der Waals surface area contributed by atoms with Crippen molar-refractivity contribution in [2.75, 3.05) is 19.3 Å². The number of aromatic nitrogens is 2. The summed E-state index contributed by atoms with van der Waals surface area (Å²) in [5.41, 5.74) is 1.92. The van der Waals surface area contributed by atoms with Gasteiger partial charge in [0.1, 0.15) is 0 Å². The first-order valence-electron chi connectivity index (χ1n) is 5.85. The number of nitroso groups, excluding NO2 is 2. The van der Waals surface area contributed by atoms with Crippen LogP contribution in [0.4, 0.5) is 0 Å². The molecule has 0 radical (unpaired) electrons. The number of nitrogens with one attached hydrogen (secondary N) is 1. The maximum atomic E-state index is 10.8. The minimum atomic E-state index is -0.209. The molecule has 0 fully saturated rings. The van der Waals surface area contributed by atoms with E-state index in [-0.39, 0.29) is 12.5 Å². The summed E-state index contributed by atoms with van der Waals surface area (Å²) in [4.78, 5) is 31.8. The number of nitrogens with zero attached hydrogens (tertiary/aromatic N) is 7. The fourth-order valence-corrected chi connectivity index (χ4v) is 2.34. The SMILES string of the molecule is Cc1[nH]cnc1CSCCN(N=O)C(=NC#N)N(C)N=O. The van der Waals surface area contributed by atoms with Crippen LogP contribution >= 0.6 is 11.8 Å². The molecule has 112 valence electrons. The zero-order valence-corrected chi connectivity index (χ0v) is 12.4. The van der Waals surface area contributed by atoms with E-state index in [1.165, 1.54) is 25.0 Å². The number of nitriles is 1. The average Bonchev–Trinajstić information content (AvgIpc) is 2.90. The van der Waals surface area contributed by atoms with Gasteiger partial charge in [-0.25, -0.2) is 4.98 Å². The second-order valence-electron chi connectivity index (χ2n) is 3.85. The molecule has 0 amide bonds. The van der Waals surface area contributed by atoms with Gasteiger partial charge in [0.15, 0.2) is 0 Å². The van der Waals surface area contributed by atoms with Crippen LogP contribution in [0.3, 0.4) is 0 Å². The number of imidazole rings is 1. The zero-order chi connectivity index (χ0) is 15.7. The van der Waals surface area contributed by atoms with Gasteiger partial charge in [0, 0.05) is 24.2 Å². The molecule has 1 aromatic rings. The molecule has 0 spiro atoms. The van der Waals surface area contributed by atoms with E-state index in [2.05, 4.69) is 25.5 Å². The van der Waals surface area contributed by atoms with Gasteiger partial charge in [-0.3, -0.25) is 0 Å². The van der Waals surface area contributed by atoms with E-state index in [1.54, 1.807) is 6.33 Å². The van der Waals surface area contributed by atoms with Crippen molar-refractivity contribution in [2.45, 2.75) is 12.7 Å². The van der Waals surface area contributed by atoms with E-state index in [1.807, 2.05) is 6.92 Å². The number of hydrogen-bond acceptors (Lipinski definition) is 8. The quantitative estimate of drug-likeness (QED) is 0.201. The van der Waals surface area contributed by atoms with Gasteiger partial charge in [-0.15, -0.1) is 14.8 Å². The van der Waals surface area contributed by atoms with Gasteiger partial charge in [0.2, 0.25) is 6.19 Å². The van der Waals surface area contributed by atoms with E-state index >= 15 is 0 Å². The van der Waals surface area contributed by atoms with Gasteiger partial charge in [-0.2, -0.15) is 27.0 Å². The smallest absolute Gasteiger partial charge is 0.258 e. The molecule has 0 saturated carbocycles. The summed E-state index contributed by atoms with van der Waals surface area (Å²) in [5, 5.41) is 15.6. The Balaban J connectivity index is 2.52. The molecule has 0 bridgehead atoms. The Morgan fingerprint density at radius 2 is 2.29 bits per heavy atom. The van der Waals surface area contributed by atoms with Crippen LogP contribution in [0.15, 0.2) is 21.9 Å². The Morgan fingerprint density at radius 3 is 2.81 bits per heavy atom. The highest BCUT2D eigenvalue weighted by Gasteiger charge is 2.17. The molecule has 0 unspecified atom stereocenters. The van der Waals surface area contributed by atoms with Crippen LogP contribution in [0.1, 0.15) is 11.4 Å². The van der Waals surface area contributed by atoms with Crippen molar-refractivity contribution in [1.82, 2.24) is 20.0 Å². The summed E-state index contributed by atoms with van der Waals surface area (Å²) >= 11 is 1.54. The predicted octanol–water partition coefficient (Wildman–Crippen LogP) is 1.39. The third-order valence-corrected chi connectivity index (χ3v) is 3.46. The molecule has 1 rings (SSSR count). The van der Waals surface area contributed by atoms with Crippen molar-refractivity contribution in [2.24, 2.45) is 15.6 Å². The Labute approximate surface area is 125 Å². The molecule has 0 aliphatic carbocycles. The second-order valence-corrected chi connectivity index (χ2v) is 4.95. The predicted molar refractivity (Wildman–Crippen MR) is 78.6 cm³/mol. The molecule has 0 atom stereocenters. The van der Waals surface area contributed by atoms with E-state index in [9.17, 15) is 9.81 Å². The molecule has 1 aromatic heterocycles. The van der Waals surface area contributed by atoms with Gasteiger partial charge in [0.05, 0.1) is 29.1 Å². The van der Waals surface area contributed by atoms with Gasteiger partial charge >= 0.3 is 0 Å². The van der Waals surface area contributed by atoms with Crippen LogP contribution in [0.5, 0.6) is 0 Å². The second kappa shape index (κ2) is 8.64. The zero-order valence-electron chi connectivity index (χ0n) is 11.6. The number of guanidine groups is 1.